The van der Waals surface area contributed by atoms with Crippen molar-refractivity contribution in [3.63, 3.8) is 0 Å². The Bertz CT molecular complexity index is 1580. The van der Waals surface area contributed by atoms with Gasteiger partial charge in [0, 0.05) is 17.8 Å². The molecule has 212 valence electrons. The maximum absolute atomic E-state index is 13.4. The predicted molar refractivity (Wildman–Crippen MR) is 153 cm³/mol. The zero-order chi connectivity index (χ0) is 29.4. The van der Waals surface area contributed by atoms with Crippen molar-refractivity contribution in [2.24, 2.45) is 5.92 Å². The van der Waals surface area contributed by atoms with Crippen LogP contribution in [0.3, 0.4) is 0 Å². The molecule has 0 amide bonds. The maximum atomic E-state index is 13.4. The number of pyridine rings is 1. The quantitative estimate of drug-likeness (QED) is 0.180. The summed E-state index contributed by atoms with van der Waals surface area (Å²) in [6.45, 7) is 5.84. The van der Waals surface area contributed by atoms with Gasteiger partial charge in [0.25, 0.3) is 15.6 Å². The number of aromatic carboxylic acids is 1. The standard InChI is InChI=1S/C28H33N5O6S/c1-4-6-9-19(5-2)17-33-26(34)22(16-29)18(3)25(27(33)35)31-30-23-10-7-8-11-24(23)40(38,39)32-21-14-12-20(13-15-21)28(36)37/h7-8,10-15,19,30-32,34H,4-6,9,17H2,1-3H3,(H,36,37). The maximum Gasteiger partial charge on any atom is 0.335 e. The molecule has 2 aromatic carbocycles. The highest BCUT2D eigenvalue weighted by atomic mass is 32.2. The van der Waals surface area contributed by atoms with Gasteiger partial charge in [-0.15, -0.1) is 0 Å². The van der Waals surface area contributed by atoms with Crippen molar-refractivity contribution < 1.29 is 23.4 Å². The van der Waals surface area contributed by atoms with E-state index >= 15 is 0 Å². The smallest absolute Gasteiger partial charge is 0.335 e. The summed E-state index contributed by atoms with van der Waals surface area (Å²) in [6, 6.07) is 13.2. The first-order valence-corrected chi connectivity index (χ1v) is 14.4. The van der Waals surface area contributed by atoms with Gasteiger partial charge < -0.3 is 10.2 Å². The molecule has 5 N–H and O–H groups in total. The number of hydrogen-bond donors (Lipinski definition) is 5. The summed E-state index contributed by atoms with van der Waals surface area (Å²) in [6.07, 6.45) is 3.63. The predicted octanol–water partition coefficient (Wildman–Crippen LogP) is 4.89. The molecule has 1 atom stereocenters. The average Bonchev–Trinajstić information content (AvgIpc) is 2.93. The summed E-state index contributed by atoms with van der Waals surface area (Å²) in [5.41, 5.74) is 5.45. The van der Waals surface area contributed by atoms with Gasteiger partial charge in [-0.3, -0.25) is 24.9 Å². The third-order valence-corrected chi connectivity index (χ3v) is 8.11. The number of unbranched alkanes of at least 4 members (excludes halogenated alkanes) is 1. The minimum Gasteiger partial charge on any atom is -0.493 e. The van der Waals surface area contributed by atoms with Crippen molar-refractivity contribution >= 4 is 33.1 Å². The van der Waals surface area contributed by atoms with Gasteiger partial charge in [0.05, 0.1) is 11.3 Å². The lowest BCUT2D eigenvalue weighted by Crippen LogP contribution is -2.30. The molecule has 0 saturated carbocycles. The minimum atomic E-state index is -4.13. The second kappa shape index (κ2) is 13.0. The number of nitrogens with one attached hydrogen (secondary N) is 3. The van der Waals surface area contributed by atoms with Gasteiger partial charge in [0.2, 0.25) is 5.88 Å². The number of carboxylic acid groups (broad SMARTS) is 1. The third-order valence-electron chi connectivity index (χ3n) is 6.67. The SMILES string of the molecule is CCCCC(CC)Cn1c(O)c(C#N)c(C)c(NNc2ccccc2S(=O)(=O)Nc2ccc(C(=O)O)cc2)c1=O. The van der Waals surface area contributed by atoms with Gasteiger partial charge in [-0.25, -0.2) is 13.2 Å². The molecule has 11 nitrogen and oxygen atoms in total. The highest BCUT2D eigenvalue weighted by molar-refractivity contribution is 7.92. The number of sulfonamides is 1. The van der Waals surface area contributed by atoms with Crippen LogP contribution < -0.4 is 21.1 Å². The number of carboxylic acids is 1. The van der Waals surface area contributed by atoms with Crippen LogP contribution in [-0.2, 0) is 16.6 Å². The lowest BCUT2D eigenvalue weighted by atomic mass is 9.99. The van der Waals surface area contributed by atoms with Crippen molar-refractivity contribution in [2.75, 3.05) is 15.6 Å². The molecule has 1 unspecified atom stereocenters. The van der Waals surface area contributed by atoms with Gasteiger partial charge in [-0.2, -0.15) is 5.26 Å². The van der Waals surface area contributed by atoms with Crippen LogP contribution in [0.4, 0.5) is 17.1 Å². The first kappa shape index (κ1) is 30.0. The monoisotopic (exact) mass is 567 g/mol. The lowest BCUT2D eigenvalue weighted by Gasteiger charge is -2.21. The molecule has 0 aliphatic rings. The number of aromatic nitrogens is 1. The second-order valence-electron chi connectivity index (χ2n) is 9.38. The number of para-hydroxylation sites is 1. The number of nitrogens with zero attached hydrogens (tertiary/aromatic N) is 2. The summed E-state index contributed by atoms with van der Waals surface area (Å²) in [5, 5.41) is 29.5. The van der Waals surface area contributed by atoms with Crippen molar-refractivity contribution in [3.8, 4) is 11.9 Å². The van der Waals surface area contributed by atoms with Gasteiger partial charge in [-0.05, 0) is 55.7 Å². The number of carbonyl (C=O) groups is 1. The second-order valence-corrected chi connectivity index (χ2v) is 11.0. The van der Waals surface area contributed by atoms with E-state index in [0.717, 1.165) is 25.7 Å². The highest BCUT2D eigenvalue weighted by Crippen LogP contribution is 2.28. The zero-order valence-electron chi connectivity index (χ0n) is 22.6. The summed E-state index contributed by atoms with van der Waals surface area (Å²) in [4.78, 5) is 24.4. The van der Waals surface area contributed by atoms with E-state index in [4.69, 9.17) is 5.11 Å². The molecule has 3 rings (SSSR count). The molecule has 0 fully saturated rings. The van der Waals surface area contributed by atoms with Crippen molar-refractivity contribution in [3.05, 3.63) is 75.6 Å². The van der Waals surface area contributed by atoms with E-state index in [0.29, 0.717) is 0 Å². The van der Waals surface area contributed by atoms with Gasteiger partial charge in [-0.1, -0.05) is 45.2 Å². The summed E-state index contributed by atoms with van der Waals surface area (Å²) < 4.78 is 30.0. The topological polar surface area (TPSA) is 174 Å². The van der Waals surface area contributed by atoms with E-state index in [-0.39, 0.29) is 51.1 Å². The Balaban J connectivity index is 1.93. The van der Waals surface area contributed by atoms with Crippen LogP contribution in [0.2, 0.25) is 0 Å². The third kappa shape index (κ3) is 6.73. The lowest BCUT2D eigenvalue weighted by molar-refractivity contribution is 0.0697. The van der Waals surface area contributed by atoms with E-state index < -0.39 is 27.4 Å². The molecule has 1 heterocycles. The van der Waals surface area contributed by atoms with E-state index in [9.17, 15) is 28.4 Å². The summed E-state index contributed by atoms with van der Waals surface area (Å²) in [7, 11) is -4.13. The number of rotatable bonds is 13. The minimum absolute atomic E-state index is 0.00381. The number of benzene rings is 2. The Morgan fingerprint density at radius 1 is 1.10 bits per heavy atom. The molecular formula is C28H33N5O6S. The average molecular weight is 568 g/mol. The fourth-order valence-electron chi connectivity index (χ4n) is 4.27. The Kier molecular flexibility index (Phi) is 9.79. The molecule has 3 aromatic rings. The zero-order valence-corrected chi connectivity index (χ0v) is 23.4. The molecular weight excluding hydrogens is 534 g/mol. The summed E-state index contributed by atoms with van der Waals surface area (Å²) >= 11 is 0. The van der Waals surface area contributed by atoms with Crippen LogP contribution in [0.1, 0.15) is 61.0 Å². The molecule has 0 radical (unpaired) electrons. The normalized spacial score (nSPS) is 11.8. The molecule has 0 aliphatic carbocycles. The van der Waals surface area contributed by atoms with Crippen LogP contribution in [0.15, 0.2) is 58.2 Å². The van der Waals surface area contributed by atoms with Crippen molar-refractivity contribution in [1.82, 2.24) is 4.57 Å². The Labute approximate surface area is 233 Å². The highest BCUT2D eigenvalue weighted by Gasteiger charge is 2.23. The van der Waals surface area contributed by atoms with Gasteiger partial charge in [0.15, 0.2) is 0 Å². The van der Waals surface area contributed by atoms with E-state index in [2.05, 4.69) is 22.5 Å². The Morgan fingerprint density at radius 3 is 2.38 bits per heavy atom. The van der Waals surface area contributed by atoms with Gasteiger partial charge in [0.1, 0.15) is 22.2 Å². The van der Waals surface area contributed by atoms with Crippen molar-refractivity contribution in [1.29, 1.82) is 5.26 Å². The van der Waals surface area contributed by atoms with E-state index in [1.54, 1.807) is 6.07 Å². The molecule has 40 heavy (non-hydrogen) atoms. The van der Waals surface area contributed by atoms with Crippen LogP contribution in [0.5, 0.6) is 5.88 Å². The number of aromatic hydroxyl groups is 1. The number of anilines is 3. The molecule has 1 aromatic heterocycles. The number of hydrogen-bond acceptors (Lipinski definition) is 8. The van der Waals surface area contributed by atoms with E-state index in [1.165, 1.54) is 54.0 Å². The molecule has 0 bridgehead atoms. The van der Waals surface area contributed by atoms with E-state index in [1.807, 2.05) is 13.0 Å². The molecule has 0 aliphatic heterocycles. The fraction of sp³-hybridized carbons (Fsp3) is 0.321. The number of hydrazine groups is 1. The van der Waals surface area contributed by atoms with Gasteiger partial charge >= 0.3 is 5.97 Å². The summed E-state index contributed by atoms with van der Waals surface area (Å²) in [5.74, 6) is -1.41. The largest absolute Gasteiger partial charge is 0.493 e. The molecule has 0 saturated heterocycles. The van der Waals surface area contributed by atoms with Crippen LogP contribution in [0, 0.1) is 24.2 Å². The molecule has 12 heteroatoms. The fourth-order valence-corrected chi connectivity index (χ4v) is 5.49. The first-order valence-electron chi connectivity index (χ1n) is 12.9. The van der Waals surface area contributed by atoms with Crippen LogP contribution in [0.25, 0.3) is 0 Å². The number of nitriles is 1. The van der Waals surface area contributed by atoms with Crippen molar-refractivity contribution in [2.45, 2.75) is 57.9 Å². The van der Waals surface area contributed by atoms with Crippen LogP contribution in [-0.4, -0.2) is 29.2 Å². The van der Waals surface area contributed by atoms with Crippen LogP contribution >= 0.6 is 0 Å². The first-order chi connectivity index (χ1) is 19.0. The Hall–Kier alpha value is -4.50. The Morgan fingerprint density at radius 2 is 1.77 bits per heavy atom. The molecule has 0 spiro atoms.